The summed E-state index contributed by atoms with van der Waals surface area (Å²) in [5.41, 5.74) is -0.409. The number of carbonyl (C=O) groups is 1. The van der Waals surface area contributed by atoms with E-state index in [1.54, 1.807) is 6.92 Å². The zero-order valence-electron chi connectivity index (χ0n) is 13.1. The Kier molecular flexibility index (Phi) is 6.93. The van der Waals surface area contributed by atoms with Gasteiger partial charge in [0.2, 0.25) is 0 Å². The summed E-state index contributed by atoms with van der Waals surface area (Å²) in [5.74, 6) is -0.321. The van der Waals surface area contributed by atoms with Crippen LogP contribution in [-0.4, -0.2) is 35.3 Å². The molecule has 5 nitrogen and oxygen atoms in total. The molecule has 1 atom stereocenters. The molecule has 7 heteroatoms. The molecule has 1 aromatic heterocycles. The number of carbonyl (C=O) groups excluding carboxylic acids is 1. The van der Waals surface area contributed by atoms with Gasteiger partial charge in [-0.2, -0.15) is 0 Å². The standard InChI is InChI=1S/C15H21BrFN3O2/c1-5-10(2)8-15(3,17)6-7-18-13-12(14(21)22-4)20-11(16)9-19-13/h9H,2,5-8H2,1,3-4H3,(H,18,19). The minimum atomic E-state index is -1.35. The average molecular weight is 374 g/mol. The summed E-state index contributed by atoms with van der Waals surface area (Å²) in [6, 6.07) is 0. The molecule has 1 unspecified atom stereocenters. The second kappa shape index (κ2) is 8.22. The third-order valence-electron chi connectivity index (χ3n) is 3.18. The van der Waals surface area contributed by atoms with E-state index in [1.807, 2.05) is 6.92 Å². The van der Waals surface area contributed by atoms with Crippen molar-refractivity contribution >= 4 is 27.7 Å². The van der Waals surface area contributed by atoms with E-state index in [-0.39, 0.29) is 17.9 Å². The number of esters is 1. The van der Waals surface area contributed by atoms with E-state index >= 15 is 0 Å². The maximum atomic E-state index is 14.4. The summed E-state index contributed by atoms with van der Waals surface area (Å²) in [4.78, 5) is 19.8. The fourth-order valence-corrected chi connectivity index (χ4v) is 2.19. The summed E-state index contributed by atoms with van der Waals surface area (Å²) in [6.07, 6.45) is 2.81. The number of alkyl halides is 1. The highest BCUT2D eigenvalue weighted by Crippen LogP contribution is 2.25. The normalized spacial score (nSPS) is 13.3. The maximum absolute atomic E-state index is 14.4. The van der Waals surface area contributed by atoms with Crippen molar-refractivity contribution in [2.24, 2.45) is 0 Å². The van der Waals surface area contributed by atoms with Crippen LogP contribution in [0.1, 0.15) is 43.6 Å². The number of nitrogens with zero attached hydrogens (tertiary/aromatic N) is 2. The minimum Gasteiger partial charge on any atom is -0.464 e. The Morgan fingerprint density at radius 1 is 1.59 bits per heavy atom. The molecule has 0 spiro atoms. The number of halogens is 2. The molecular weight excluding hydrogens is 353 g/mol. The second-order valence-electron chi connectivity index (χ2n) is 5.25. The topological polar surface area (TPSA) is 64.1 Å². The first-order valence-corrected chi connectivity index (χ1v) is 7.78. The van der Waals surface area contributed by atoms with Crippen molar-refractivity contribution in [1.29, 1.82) is 0 Å². The first-order chi connectivity index (χ1) is 10.3. The van der Waals surface area contributed by atoms with E-state index in [0.29, 0.717) is 17.6 Å². The summed E-state index contributed by atoms with van der Waals surface area (Å²) >= 11 is 3.15. The molecule has 1 aromatic rings. The molecule has 0 amide bonds. The lowest BCUT2D eigenvalue weighted by molar-refractivity contribution is 0.0594. The van der Waals surface area contributed by atoms with Crippen LogP contribution in [0.25, 0.3) is 0 Å². The lowest BCUT2D eigenvalue weighted by Gasteiger charge is -2.21. The molecule has 1 rings (SSSR count). The number of rotatable bonds is 8. The molecular formula is C15H21BrFN3O2. The zero-order valence-corrected chi connectivity index (χ0v) is 14.7. The van der Waals surface area contributed by atoms with Crippen molar-refractivity contribution in [2.45, 2.75) is 38.8 Å². The molecule has 0 aliphatic rings. The van der Waals surface area contributed by atoms with Gasteiger partial charge in [-0.25, -0.2) is 19.2 Å². The monoisotopic (exact) mass is 373 g/mol. The average Bonchev–Trinajstić information content (AvgIpc) is 2.47. The molecule has 122 valence electrons. The molecule has 1 N–H and O–H groups in total. The highest BCUT2D eigenvalue weighted by Gasteiger charge is 2.24. The quantitative estimate of drug-likeness (QED) is 0.552. The van der Waals surface area contributed by atoms with E-state index in [9.17, 15) is 9.18 Å². The fourth-order valence-electron chi connectivity index (χ4n) is 1.91. The van der Waals surface area contributed by atoms with E-state index in [1.165, 1.54) is 13.3 Å². The van der Waals surface area contributed by atoms with Crippen LogP contribution in [0.4, 0.5) is 10.2 Å². The van der Waals surface area contributed by atoms with Gasteiger partial charge in [0.25, 0.3) is 0 Å². The SMILES string of the molecule is C=C(CC)CC(C)(F)CCNc1ncc(Br)nc1C(=O)OC. The summed E-state index contributed by atoms with van der Waals surface area (Å²) in [7, 11) is 1.27. The highest BCUT2D eigenvalue weighted by molar-refractivity contribution is 9.10. The van der Waals surface area contributed by atoms with Gasteiger partial charge in [-0.3, -0.25) is 0 Å². The van der Waals surface area contributed by atoms with Crippen LogP contribution < -0.4 is 5.32 Å². The largest absolute Gasteiger partial charge is 0.464 e. The van der Waals surface area contributed by atoms with Gasteiger partial charge in [-0.1, -0.05) is 19.1 Å². The van der Waals surface area contributed by atoms with Gasteiger partial charge in [-0.05, 0) is 35.7 Å². The van der Waals surface area contributed by atoms with E-state index in [4.69, 9.17) is 0 Å². The number of methoxy groups -OCH3 is 1. The molecule has 22 heavy (non-hydrogen) atoms. The Morgan fingerprint density at radius 3 is 2.86 bits per heavy atom. The van der Waals surface area contributed by atoms with Gasteiger partial charge < -0.3 is 10.1 Å². The Balaban J connectivity index is 2.69. The number of hydrogen-bond donors (Lipinski definition) is 1. The number of allylic oxidation sites excluding steroid dienone is 1. The predicted octanol–water partition coefficient (Wildman–Crippen LogP) is 3.91. The maximum Gasteiger partial charge on any atom is 0.360 e. The summed E-state index contributed by atoms with van der Waals surface area (Å²) in [6.45, 7) is 7.66. The number of aromatic nitrogens is 2. The number of ether oxygens (including phenoxy) is 1. The number of nitrogens with one attached hydrogen (secondary N) is 1. The van der Waals surface area contributed by atoms with Crippen LogP contribution in [0.2, 0.25) is 0 Å². The predicted molar refractivity (Wildman–Crippen MR) is 87.7 cm³/mol. The van der Waals surface area contributed by atoms with Crippen molar-refractivity contribution in [3.05, 3.63) is 28.6 Å². The summed E-state index contributed by atoms with van der Waals surface area (Å²) < 4.78 is 19.5. The molecule has 0 aliphatic heterocycles. The van der Waals surface area contributed by atoms with Gasteiger partial charge in [0, 0.05) is 13.0 Å². The van der Waals surface area contributed by atoms with Crippen LogP contribution in [-0.2, 0) is 4.74 Å². The lowest BCUT2D eigenvalue weighted by Crippen LogP contribution is -2.23. The molecule has 0 fully saturated rings. The third-order valence-corrected chi connectivity index (χ3v) is 3.56. The Morgan fingerprint density at radius 2 is 2.27 bits per heavy atom. The van der Waals surface area contributed by atoms with Gasteiger partial charge in [0.05, 0.1) is 13.3 Å². The van der Waals surface area contributed by atoms with Crippen molar-refractivity contribution in [3.8, 4) is 0 Å². The van der Waals surface area contributed by atoms with Gasteiger partial charge in [0.15, 0.2) is 11.5 Å². The minimum absolute atomic E-state index is 0.0652. The van der Waals surface area contributed by atoms with Crippen molar-refractivity contribution in [3.63, 3.8) is 0 Å². The second-order valence-corrected chi connectivity index (χ2v) is 6.06. The lowest BCUT2D eigenvalue weighted by atomic mass is 9.94. The molecule has 0 aliphatic carbocycles. The number of hydrogen-bond acceptors (Lipinski definition) is 5. The van der Waals surface area contributed by atoms with Crippen molar-refractivity contribution in [2.75, 3.05) is 19.0 Å². The van der Waals surface area contributed by atoms with Gasteiger partial charge in [0.1, 0.15) is 10.3 Å². The van der Waals surface area contributed by atoms with Crippen molar-refractivity contribution < 1.29 is 13.9 Å². The van der Waals surface area contributed by atoms with Crippen LogP contribution in [0.3, 0.4) is 0 Å². The molecule has 1 heterocycles. The van der Waals surface area contributed by atoms with Crippen LogP contribution >= 0.6 is 15.9 Å². The molecule has 0 saturated carbocycles. The Hall–Kier alpha value is -1.50. The third kappa shape index (κ3) is 5.71. The van der Waals surface area contributed by atoms with E-state index < -0.39 is 11.6 Å². The smallest absolute Gasteiger partial charge is 0.360 e. The fraction of sp³-hybridized carbons (Fsp3) is 0.533. The Labute approximate surface area is 138 Å². The van der Waals surface area contributed by atoms with Crippen LogP contribution in [0.15, 0.2) is 23.0 Å². The van der Waals surface area contributed by atoms with Crippen LogP contribution in [0.5, 0.6) is 0 Å². The summed E-state index contributed by atoms with van der Waals surface area (Å²) in [5, 5.41) is 2.94. The zero-order chi connectivity index (χ0) is 16.8. The molecule has 0 aromatic carbocycles. The first-order valence-electron chi connectivity index (χ1n) is 6.99. The van der Waals surface area contributed by atoms with Gasteiger partial charge in [-0.15, -0.1) is 0 Å². The molecule has 0 bridgehead atoms. The van der Waals surface area contributed by atoms with Gasteiger partial charge >= 0.3 is 5.97 Å². The van der Waals surface area contributed by atoms with Crippen LogP contribution in [0, 0.1) is 0 Å². The first kappa shape index (κ1) is 18.5. The highest BCUT2D eigenvalue weighted by atomic mass is 79.9. The molecule has 0 saturated heterocycles. The number of anilines is 1. The van der Waals surface area contributed by atoms with Crippen molar-refractivity contribution in [1.82, 2.24) is 9.97 Å². The molecule has 0 radical (unpaired) electrons. The Bertz CT molecular complexity index is 550. The van der Waals surface area contributed by atoms with E-state index in [2.05, 4.69) is 42.5 Å². The van der Waals surface area contributed by atoms with E-state index in [0.717, 1.165) is 12.0 Å².